The Balaban J connectivity index is 2.00. The minimum atomic E-state index is 0.171. The SMILES string of the molecule is Cc1ccc(C)c([C@@H](C)NC(=S)Nc2ccc(C(C)C)cc2)c1. The minimum absolute atomic E-state index is 0.171. The standard InChI is InChI=1S/C20H26N2S/c1-13(2)17-8-10-18(11-9-17)22-20(23)21-16(5)19-12-14(3)6-7-15(19)4/h6-13,16H,1-5H3,(H2,21,22,23)/t16-/m1/s1. The van der Waals surface area contributed by atoms with Gasteiger partial charge in [0.25, 0.3) is 0 Å². The fourth-order valence-corrected chi connectivity index (χ4v) is 2.91. The van der Waals surface area contributed by atoms with Gasteiger partial charge in [-0.25, -0.2) is 0 Å². The average molecular weight is 327 g/mol. The van der Waals surface area contributed by atoms with Crippen molar-refractivity contribution in [3.05, 3.63) is 64.7 Å². The monoisotopic (exact) mass is 326 g/mol. The second kappa shape index (κ2) is 7.60. The maximum absolute atomic E-state index is 5.45. The van der Waals surface area contributed by atoms with Gasteiger partial charge < -0.3 is 10.6 Å². The van der Waals surface area contributed by atoms with Crippen LogP contribution in [0.4, 0.5) is 5.69 Å². The Morgan fingerprint density at radius 3 is 2.22 bits per heavy atom. The molecule has 0 aliphatic heterocycles. The van der Waals surface area contributed by atoms with E-state index in [-0.39, 0.29) is 6.04 Å². The molecule has 0 saturated heterocycles. The van der Waals surface area contributed by atoms with Crippen molar-refractivity contribution in [1.29, 1.82) is 0 Å². The van der Waals surface area contributed by atoms with Crippen molar-refractivity contribution < 1.29 is 0 Å². The first-order valence-electron chi connectivity index (χ1n) is 8.11. The van der Waals surface area contributed by atoms with Crippen molar-refractivity contribution >= 4 is 23.0 Å². The van der Waals surface area contributed by atoms with Crippen molar-refractivity contribution in [2.24, 2.45) is 0 Å². The van der Waals surface area contributed by atoms with Gasteiger partial charge in [0, 0.05) is 5.69 Å². The lowest BCUT2D eigenvalue weighted by atomic mass is 10.0. The lowest BCUT2D eigenvalue weighted by molar-refractivity contribution is 0.716. The zero-order chi connectivity index (χ0) is 17.0. The van der Waals surface area contributed by atoms with E-state index in [1.165, 1.54) is 22.3 Å². The second-order valence-electron chi connectivity index (χ2n) is 6.46. The second-order valence-corrected chi connectivity index (χ2v) is 6.87. The predicted molar refractivity (Wildman–Crippen MR) is 104 cm³/mol. The highest BCUT2D eigenvalue weighted by Gasteiger charge is 2.10. The summed E-state index contributed by atoms with van der Waals surface area (Å²) in [6, 6.07) is 15.1. The molecular formula is C20H26N2S. The smallest absolute Gasteiger partial charge is 0.171 e. The van der Waals surface area contributed by atoms with E-state index in [0.717, 1.165) is 5.69 Å². The first-order chi connectivity index (χ1) is 10.9. The number of hydrogen-bond donors (Lipinski definition) is 2. The number of rotatable bonds is 4. The third-order valence-corrected chi connectivity index (χ3v) is 4.30. The zero-order valence-corrected chi connectivity index (χ0v) is 15.4. The average Bonchev–Trinajstić information content (AvgIpc) is 2.50. The van der Waals surface area contributed by atoms with Gasteiger partial charge in [-0.05, 0) is 67.7 Å². The first-order valence-corrected chi connectivity index (χ1v) is 8.52. The van der Waals surface area contributed by atoms with Crippen LogP contribution in [0.5, 0.6) is 0 Å². The molecule has 0 spiro atoms. The quantitative estimate of drug-likeness (QED) is 0.728. The number of nitrogens with one attached hydrogen (secondary N) is 2. The third-order valence-electron chi connectivity index (χ3n) is 4.08. The molecule has 0 aliphatic carbocycles. The molecule has 0 saturated carbocycles. The van der Waals surface area contributed by atoms with Crippen LogP contribution >= 0.6 is 12.2 Å². The van der Waals surface area contributed by atoms with Gasteiger partial charge in [0.1, 0.15) is 0 Å². The maximum atomic E-state index is 5.45. The minimum Gasteiger partial charge on any atom is -0.356 e. The largest absolute Gasteiger partial charge is 0.356 e. The normalized spacial score (nSPS) is 12.1. The van der Waals surface area contributed by atoms with E-state index in [4.69, 9.17) is 12.2 Å². The van der Waals surface area contributed by atoms with Crippen LogP contribution in [-0.2, 0) is 0 Å². The van der Waals surface area contributed by atoms with E-state index in [2.05, 4.69) is 87.7 Å². The summed E-state index contributed by atoms with van der Waals surface area (Å²) in [5.74, 6) is 0.540. The molecule has 0 radical (unpaired) electrons. The van der Waals surface area contributed by atoms with E-state index in [1.807, 2.05) is 0 Å². The number of aryl methyl sites for hydroxylation is 2. The molecule has 2 aromatic carbocycles. The highest BCUT2D eigenvalue weighted by atomic mass is 32.1. The van der Waals surface area contributed by atoms with E-state index in [0.29, 0.717) is 11.0 Å². The van der Waals surface area contributed by atoms with Gasteiger partial charge in [0.15, 0.2) is 5.11 Å². The molecule has 0 aliphatic rings. The Morgan fingerprint density at radius 1 is 0.957 bits per heavy atom. The topological polar surface area (TPSA) is 24.1 Å². The van der Waals surface area contributed by atoms with Crippen LogP contribution in [0.15, 0.2) is 42.5 Å². The Labute approximate surface area is 145 Å². The van der Waals surface area contributed by atoms with Crippen LogP contribution in [0.3, 0.4) is 0 Å². The fraction of sp³-hybridized carbons (Fsp3) is 0.350. The molecule has 0 amide bonds. The number of anilines is 1. The summed E-state index contributed by atoms with van der Waals surface area (Å²) in [4.78, 5) is 0. The Bertz CT molecular complexity index is 675. The van der Waals surface area contributed by atoms with Crippen LogP contribution in [-0.4, -0.2) is 5.11 Å². The van der Waals surface area contributed by atoms with Crippen LogP contribution < -0.4 is 10.6 Å². The summed E-state index contributed by atoms with van der Waals surface area (Å²) in [7, 11) is 0. The summed E-state index contributed by atoms with van der Waals surface area (Å²) >= 11 is 5.45. The molecule has 2 rings (SSSR count). The lowest BCUT2D eigenvalue weighted by Crippen LogP contribution is -2.31. The predicted octanol–water partition coefficient (Wildman–Crippen LogP) is 5.47. The molecule has 0 bridgehead atoms. The summed E-state index contributed by atoms with van der Waals surface area (Å²) in [6.45, 7) is 10.8. The van der Waals surface area contributed by atoms with Crippen molar-refractivity contribution in [2.45, 2.75) is 46.6 Å². The molecule has 2 nitrogen and oxygen atoms in total. The molecule has 3 heteroatoms. The summed E-state index contributed by atoms with van der Waals surface area (Å²) in [6.07, 6.45) is 0. The first kappa shape index (κ1) is 17.5. The van der Waals surface area contributed by atoms with Crippen molar-refractivity contribution in [3.63, 3.8) is 0 Å². The number of hydrogen-bond acceptors (Lipinski definition) is 1. The van der Waals surface area contributed by atoms with Crippen molar-refractivity contribution in [3.8, 4) is 0 Å². The van der Waals surface area contributed by atoms with Crippen LogP contribution in [0, 0.1) is 13.8 Å². The van der Waals surface area contributed by atoms with E-state index < -0.39 is 0 Å². The Hall–Kier alpha value is -1.87. The molecule has 0 fully saturated rings. The molecule has 23 heavy (non-hydrogen) atoms. The highest BCUT2D eigenvalue weighted by molar-refractivity contribution is 7.80. The molecule has 2 N–H and O–H groups in total. The molecular weight excluding hydrogens is 300 g/mol. The van der Waals surface area contributed by atoms with E-state index >= 15 is 0 Å². The molecule has 0 heterocycles. The van der Waals surface area contributed by atoms with E-state index in [9.17, 15) is 0 Å². The highest BCUT2D eigenvalue weighted by Crippen LogP contribution is 2.20. The number of benzene rings is 2. The molecule has 0 unspecified atom stereocenters. The van der Waals surface area contributed by atoms with Gasteiger partial charge in [-0.2, -0.15) is 0 Å². The van der Waals surface area contributed by atoms with Gasteiger partial charge in [0.2, 0.25) is 0 Å². The zero-order valence-electron chi connectivity index (χ0n) is 14.6. The number of thiocarbonyl (C=S) groups is 1. The van der Waals surface area contributed by atoms with Crippen molar-refractivity contribution in [2.75, 3.05) is 5.32 Å². The van der Waals surface area contributed by atoms with Crippen LogP contribution in [0.1, 0.15) is 55.0 Å². The molecule has 122 valence electrons. The van der Waals surface area contributed by atoms with Gasteiger partial charge >= 0.3 is 0 Å². The molecule has 0 aromatic heterocycles. The Morgan fingerprint density at radius 2 is 1.61 bits per heavy atom. The summed E-state index contributed by atoms with van der Waals surface area (Å²) < 4.78 is 0. The van der Waals surface area contributed by atoms with Crippen LogP contribution in [0.25, 0.3) is 0 Å². The molecule has 2 aromatic rings. The van der Waals surface area contributed by atoms with Gasteiger partial charge in [-0.1, -0.05) is 49.7 Å². The van der Waals surface area contributed by atoms with Gasteiger partial charge in [-0.15, -0.1) is 0 Å². The van der Waals surface area contributed by atoms with Crippen LogP contribution in [0.2, 0.25) is 0 Å². The maximum Gasteiger partial charge on any atom is 0.171 e. The fourth-order valence-electron chi connectivity index (χ4n) is 2.62. The van der Waals surface area contributed by atoms with E-state index in [1.54, 1.807) is 0 Å². The summed E-state index contributed by atoms with van der Waals surface area (Å²) in [5, 5.41) is 7.28. The van der Waals surface area contributed by atoms with Gasteiger partial charge in [-0.3, -0.25) is 0 Å². The lowest BCUT2D eigenvalue weighted by Gasteiger charge is -2.20. The van der Waals surface area contributed by atoms with Gasteiger partial charge in [0.05, 0.1) is 6.04 Å². The third kappa shape index (κ3) is 4.80. The van der Waals surface area contributed by atoms with Crippen molar-refractivity contribution in [1.82, 2.24) is 5.32 Å². The Kier molecular flexibility index (Phi) is 5.78. The molecule has 1 atom stereocenters. The summed E-state index contributed by atoms with van der Waals surface area (Å²) in [5.41, 5.74) is 6.17.